The SMILES string of the molecule is COC(C)CNC(=O)C1CNCCN1. The van der Waals surface area contributed by atoms with Gasteiger partial charge in [0.1, 0.15) is 0 Å². The molecule has 1 heterocycles. The molecule has 1 rings (SSSR count). The van der Waals surface area contributed by atoms with E-state index in [-0.39, 0.29) is 18.1 Å². The van der Waals surface area contributed by atoms with Gasteiger partial charge in [-0.15, -0.1) is 0 Å². The second-order valence-corrected chi connectivity index (χ2v) is 3.50. The van der Waals surface area contributed by atoms with E-state index in [4.69, 9.17) is 4.74 Å². The Balaban J connectivity index is 2.19. The molecule has 1 aliphatic heterocycles. The highest BCUT2D eigenvalue weighted by atomic mass is 16.5. The maximum Gasteiger partial charge on any atom is 0.238 e. The Labute approximate surface area is 84.6 Å². The molecule has 0 aromatic carbocycles. The number of ether oxygens (including phenoxy) is 1. The predicted molar refractivity (Wildman–Crippen MR) is 54.1 cm³/mol. The summed E-state index contributed by atoms with van der Waals surface area (Å²) >= 11 is 0. The number of carbonyl (C=O) groups is 1. The van der Waals surface area contributed by atoms with Crippen molar-refractivity contribution in [3.05, 3.63) is 0 Å². The highest BCUT2D eigenvalue weighted by Gasteiger charge is 2.19. The summed E-state index contributed by atoms with van der Waals surface area (Å²) in [7, 11) is 1.64. The fraction of sp³-hybridized carbons (Fsp3) is 0.889. The van der Waals surface area contributed by atoms with Gasteiger partial charge in [0.05, 0.1) is 12.1 Å². The lowest BCUT2D eigenvalue weighted by molar-refractivity contribution is -0.123. The summed E-state index contributed by atoms with van der Waals surface area (Å²) in [6.45, 7) is 4.96. The van der Waals surface area contributed by atoms with Crippen molar-refractivity contribution in [3.8, 4) is 0 Å². The van der Waals surface area contributed by atoms with Crippen molar-refractivity contribution in [1.29, 1.82) is 0 Å². The van der Waals surface area contributed by atoms with E-state index < -0.39 is 0 Å². The molecule has 0 saturated carbocycles. The van der Waals surface area contributed by atoms with Gasteiger partial charge < -0.3 is 20.7 Å². The maximum atomic E-state index is 11.5. The van der Waals surface area contributed by atoms with Gasteiger partial charge >= 0.3 is 0 Å². The van der Waals surface area contributed by atoms with Crippen LogP contribution in [0.4, 0.5) is 0 Å². The predicted octanol–water partition coefficient (Wildman–Crippen LogP) is -1.30. The van der Waals surface area contributed by atoms with Gasteiger partial charge in [-0.1, -0.05) is 0 Å². The van der Waals surface area contributed by atoms with E-state index in [2.05, 4.69) is 16.0 Å². The van der Waals surface area contributed by atoms with Crippen LogP contribution in [0, 0.1) is 0 Å². The van der Waals surface area contributed by atoms with Crippen LogP contribution in [-0.4, -0.2) is 51.3 Å². The minimum atomic E-state index is -0.104. The molecule has 1 aliphatic rings. The van der Waals surface area contributed by atoms with E-state index in [0.29, 0.717) is 13.1 Å². The van der Waals surface area contributed by atoms with E-state index in [0.717, 1.165) is 13.1 Å². The summed E-state index contributed by atoms with van der Waals surface area (Å²) in [5, 5.41) is 9.14. The second-order valence-electron chi connectivity index (χ2n) is 3.50. The monoisotopic (exact) mass is 201 g/mol. The molecule has 0 radical (unpaired) electrons. The van der Waals surface area contributed by atoms with Crippen LogP contribution in [-0.2, 0) is 9.53 Å². The smallest absolute Gasteiger partial charge is 0.238 e. The molecule has 1 fully saturated rings. The molecule has 0 bridgehead atoms. The topological polar surface area (TPSA) is 62.4 Å². The number of nitrogens with one attached hydrogen (secondary N) is 3. The van der Waals surface area contributed by atoms with Crippen molar-refractivity contribution >= 4 is 5.91 Å². The third kappa shape index (κ3) is 3.61. The first kappa shape index (κ1) is 11.4. The van der Waals surface area contributed by atoms with Gasteiger partial charge in [0.25, 0.3) is 0 Å². The summed E-state index contributed by atoms with van der Waals surface area (Å²) in [4.78, 5) is 11.5. The fourth-order valence-electron chi connectivity index (χ4n) is 1.29. The van der Waals surface area contributed by atoms with Gasteiger partial charge in [-0.2, -0.15) is 0 Å². The number of hydrogen-bond acceptors (Lipinski definition) is 4. The van der Waals surface area contributed by atoms with E-state index in [9.17, 15) is 4.79 Å². The number of hydrogen-bond donors (Lipinski definition) is 3. The molecule has 1 amide bonds. The molecule has 1 saturated heterocycles. The Morgan fingerprint density at radius 2 is 2.43 bits per heavy atom. The quantitative estimate of drug-likeness (QED) is 0.529. The van der Waals surface area contributed by atoms with Crippen molar-refractivity contribution < 1.29 is 9.53 Å². The number of rotatable bonds is 4. The minimum absolute atomic E-state index is 0.0427. The zero-order valence-electron chi connectivity index (χ0n) is 8.80. The van der Waals surface area contributed by atoms with Crippen molar-refractivity contribution in [3.63, 3.8) is 0 Å². The molecular formula is C9H19N3O2. The lowest BCUT2D eigenvalue weighted by Gasteiger charge is -2.24. The van der Waals surface area contributed by atoms with Crippen LogP contribution in [0.3, 0.4) is 0 Å². The largest absolute Gasteiger partial charge is 0.380 e. The van der Waals surface area contributed by atoms with Crippen molar-refractivity contribution in [2.75, 3.05) is 33.3 Å². The first-order valence-corrected chi connectivity index (χ1v) is 4.98. The molecular weight excluding hydrogens is 182 g/mol. The standard InChI is InChI=1S/C9H19N3O2/c1-7(14-2)5-12-9(13)8-6-10-3-4-11-8/h7-8,10-11H,3-6H2,1-2H3,(H,12,13). The average molecular weight is 201 g/mol. The van der Waals surface area contributed by atoms with Crippen molar-refractivity contribution in [2.45, 2.75) is 19.1 Å². The lowest BCUT2D eigenvalue weighted by atomic mass is 10.2. The molecule has 3 N–H and O–H groups in total. The van der Waals surface area contributed by atoms with Crippen LogP contribution >= 0.6 is 0 Å². The fourth-order valence-corrected chi connectivity index (χ4v) is 1.29. The van der Waals surface area contributed by atoms with Gasteiger partial charge in [-0.25, -0.2) is 0 Å². The Kier molecular flexibility index (Phi) is 4.86. The van der Waals surface area contributed by atoms with Crippen molar-refractivity contribution in [1.82, 2.24) is 16.0 Å². The summed E-state index contributed by atoms with van der Waals surface area (Å²) in [6, 6.07) is -0.104. The van der Waals surface area contributed by atoms with Gasteiger partial charge in [0, 0.05) is 33.3 Å². The molecule has 0 aliphatic carbocycles. The molecule has 0 aromatic heterocycles. The highest BCUT2D eigenvalue weighted by Crippen LogP contribution is 1.89. The van der Waals surface area contributed by atoms with Crippen LogP contribution < -0.4 is 16.0 Å². The summed E-state index contributed by atoms with van der Waals surface area (Å²) < 4.78 is 5.04. The van der Waals surface area contributed by atoms with E-state index in [1.165, 1.54) is 0 Å². The molecule has 5 heteroatoms. The summed E-state index contributed by atoms with van der Waals surface area (Å²) in [5.41, 5.74) is 0. The van der Waals surface area contributed by atoms with Gasteiger partial charge in [0.2, 0.25) is 5.91 Å². The lowest BCUT2D eigenvalue weighted by Crippen LogP contribution is -2.56. The average Bonchev–Trinajstić information content (AvgIpc) is 2.26. The van der Waals surface area contributed by atoms with Crippen LogP contribution in [0.25, 0.3) is 0 Å². The Morgan fingerprint density at radius 1 is 1.64 bits per heavy atom. The third-order valence-electron chi connectivity index (χ3n) is 2.32. The van der Waals surface area contributed by atoms with E-state index in [1.54, 1.807) is 7.11 Å². The van der Waals surface area contributed by atoms with Crippen LogP contribution in [0.2, 0.25) is 0 Å². The second kappa shape index (κ2) is 5.95. The number of methoxy groups -OCH3 is 1. The van der Waals surface area contributed by atoms with Crippen molar-refractivity contribution in [2.24, 2.45) is 0 Å². The molecule has 14 heavy (non-hydrogen) atoms. The number of piperazine rings is 1. The minimum Gasteiger partial charge on any atom is -0.380 e. The van der Waals surface area contributed by atoms with Crippen LogP contribution in [0.5, 0.6) is 0 Å². The molecule has 0 spiro atoms. The molecule has 2 atom stereocenters. The maximum absolute atomic E-state index is 11.5. The summed E-state index contributed by atoms with van der Waals surface area (Å²) in [5.74, 6) is 0.0427. The molecule has 2 unspecified atom stereocenters. The normalized spacial score (nSPS) is 24.3. The number of amides is 1. The van der Waals surface area contributed by atoms with Gasteiger partial charge in [-0.05, 0) is 6.92 Å². The third-order valence-corrected chi connectivity index (χ3v) is 2.32. The molecule has 82 valence electrons. The van der Waals surface area contributed by atoms with Crippen LogP contribution in [0.1, 0.15) is 6.92 Å². The Hall–Kier alpha value is -0.650. The first-order valence-electron chi connectivity index (χ1n) is 4.98. The Morgan fingerprint density at radius 3 is 3.00 bits per heavy atom. The highest BCUT2D eigenvalue weighted by molar-refractivity contribution is 5.82. The first-order chi connectivity index (χ1) is 6.74. The zero-order valence-corrected chi connectivity index (χ0v) is 8.80. The molecule has 0 aromatic rings. The summed E-state index contributed by atoms with van der Waals surface area (Å²) in [6.07, 6.45) is 0.0653. The van der Waals surface area contributed by atoms with Gasteiger partial charge in [0.15, 0.2) is 0 Å². The van der Waals surface area contributed by atoms with Crippen LogP contribution in [0.15, 0.2) is 0 Å². The number of carbonyl (C=O) groups excluding carboxylic acids is 1. The van der Waals surface area contributed by atoms with E-state index in [1.807, 2.05) is 6.92 Å². The van der Waals surface area contributed by atoms with Gasteiger partial charge in [-0.3, -0.25) is 4.79 Å². The zero-order chi connectivity index (χ0) is 10.4. The molecule has 5 nitrogen and oxygen atoms in total. The Bertz CT molecular complexity index is 181. The van der Waals surface area contributed by atoms with E-state index >= 15 is 0 Å².